The Morgan fingerprint density at radius 1 is 1.16 bits per heavy atom. The maximum atomic E-state index is 13.1. The number of hydrogen-bond donors (Lipinski definition) is 0. The van der Waals surface area contributed by atoms with E-state index >= 15 is 0 Å². The van der Waals surface area contributed by atoms with E-state index in [-0.39, 0.29) is 10.4 Å². The number of carbonyl (C=O) groups excluding carboxylic acids is 3. The molecule has 1 heterocycles. The molecule has 0 radical (unpaired) electrons. The van der Waals surface area contributed by atoms with Gasteiger partial charge in [-0.1, -0.05) is 58.0 Å². The number of carboxylic acids is 1. The molecule has 1 aromatic carbocycles. The first-order chi connectivity index (χ1) is 11.6. The Labute approximate surface area is 149 Å². The summed E-state index contributed by atoms with van der Waals surface area (Å²) in [7, 11) is 0. The average Bonchev–Trinajstić information content (AvgIpc) is 2.94. The third-order valence-corrected chi connectivity index (χ3v) is 5.12. The zero-order valence-electron chi connectivity index (χ0n) is 15.5. The molecular weight excluding hydrogens is 318 g/mol. The first-order valence-electron chi connectivity index (χ1n) is 8.87. The number of quaternary nitrogens is 1. The van der Waals surface area contributed by atoms with Crippen LogP contribution in [0.5, 0.6) is 0 Å². The standard InChI is InChI=1S/C20H27NO4/c1-5-12-21(18(23)17(22)20(2,3)4)13-11-15(16(21)19(24)25)14-9-7-6-8-10-14/h6-10,15-16H,5,11-13H2,1-4H3. The lowest BCUT2D eigenvalue weighted by Gasteiger charge is -2.39. The van der Waals surface area contributed by atoms with Crippen LogP contribution in [0.1, 0.15) is 52.0 Å². The Hall–Kier alpha value is -2.01. The van der Waals surface area contributed by atoms with E-state index in [9.17, 15) is 19.5 Å². The second-order valence-corrected chi connectivity index (χ2v) is 7.94. The van der Waals surface area contributed by atoms with Crippen molar-refractivity contribution in [2.75, 3.05) is 13.1 Å². The highest BCUT2D eigenvalue weighted by Gasteiger charge is 2.57. The molecule has 1 aliphatic heterocycles. The third kappa shape index (κ3) is 3.52. The Balaban J connectivity index is 2.51. The molecule has 1 aliphatic rings. The summed E-state index contributed by atoms with van der Waals surface area (Å²) < 4.78 is -0.325. The van der Waals surface area contributed by atoms with Crippen LogP contribution in [0.15, 0.2) is 30.3 Å². The fourth-order valence-electron chi connectivity index (χ4n) is 3.93. The fraction of sp³-hybridized carbons (Fsp3) is 0.550. The summed E-state index contributed by atoms with van der Waals surface area (Å²) in [6, 6.07) is 8.31. The van der Waals surface area contributed by atoms with Crippen LogP contribution in [-0.2, 0) is 14.4 Å². The van der Waals surface area contributed by atoms with E-state index in [1.54, 1.807) is 20.8 Å². The molecule has 0 bridgehead atoms. The predicted molar refractivity (Wildman–Crippen MR) is 92.3 cm³/mol. The van der Waals surface area contributed by atoms with Crippen molar-refractivity contribution >= 4 is 17.7 Å². The number of ketones is 1. The Morgan fingerprint density at radius 2 is 1.76 bits per heavy atom. The molecule has 0 N–H and O–H groups in total. The van der Waals surface area contributed by atoms with E-state index in [4.69, 9.17) is 0 Å². The number of amides is 1. The molecule has 1 fully saturated rings. The van der Waals surface area contributed by atoms with Crippen molar-refractivity contribution < 1.29 is 24.0 Å². The van der Waals surface area contributed by atoms with Crippen LogP contribution in [0, 0.1) is 5.41 Å². The van der Waals surface area contributed by atoms with Crippen LogP contribution < -0.4 is 5.11 Å². The summed E-state index contributed by atoms with van der Waals surface area (Å²) in [6.07, 6.45) is 1.17. The highest BCUT2D eigenvalue weighted by molar-refractivity contribution is 6.35. The third-order valence-electron chi connectivity index (χ3n) is 5.12. The minimum absolute atomic E-state index is 0.325. The number of Topliss-reactive ketones (excluding diaryl/α,β-unsaturated/α-hetero) is 1. The largest absolute Gasteiger partial charge is 0.544 e. The number of aliphatic carboxylic acids is 1. The monoisotopic (exact) mass is 345 g/mol. The van der Waals surface area contributed by atoms with Crippen LogP contribution >= 0.6 is 0 Å². The van der Waals surface area contributed by atoms with Crippen LogP contribution in [0.3, 0.4) is 0 Å². The lowest BCUT2D eigenvalue weighted by Crippen LogP contribution is -2.65. The van der Waals surface area contributed by atoms with Crippen LogP contribution in [-0.4, -0.2) is 41.3 Å². The van der Waals surface area contributed by atoms with Gasteiger partial charge in [0.15, 0.2) is 0 Å². The van der Waals surface area contributed by atoms with Gasteiger partial charge in [0, 0.05) is 17.8 Å². The molecule has 1 amide bonds. The van der Waals surface area contributed by atoms with Gasteiger partial charge in [-0.15, -0.1) is 0 Å². The lowest BCUT2D eigenvalue weighted by atomic mass is 9.87. The van der Waals surface area contributed by atoms with E-state index in [1.807, 2.05) is 37.3 Å². The maximum Gasteiger partial charge on any atom is 0.382 e. The molecule has 5 nitrogen and oxygen atoms in total. The Morgan fingerprint density at radius 3 is 2.24 bits per heavy atom. The molecule has 25 heavy (non-hydrogen) atoms. The number of rotatable bonds is 5. The summed E-state index contributed by atoms with van der Waals surface area (Å²) >= 11 is 0. The van der Waals surface area contributed by atoms with Gasteiger partial charge < -0.3 is 9.90 Å². The SMILES string of the molecule is CCC[N+]1(C(=O)C(=O)C(C)(C)C)CCC(c2ccccc2)C1C(=O)[O-]. The number of carbonyl (C=O) groups is 3. The van der Waals surface area contributed by atoms with Crippen molar-refractivity contribution in [1.82, 2.24) is 0 Å². The normalized spacial score (nSPS) is 26.4. The van der Waals surface area contributed by atoms with Crippen molar-refractivity contribution in [3.8, 4) is 0 Å². The molecule has 0 aromatic heterocycles. The molecule has 1 aromatic rings. The second-order valence-electron chi connectivity index (χ2n) is 7.94. The van der Waals surface area contributed by atoms with Gasteiger partial charge in [0.05, 0.1) is 13.1 Å². The minimum atomic E-state index is -1.25. The maximum absolute atomic E-state index is 13.1. The highest BCUT2D eigenvalue weighted by Crippen LogP contribution is 2.40. The molecule has 2 rings (SSSR count). The van der Waals surface area contributed by atoms with Crippen molar-refractivity contribution in [2.24, 2.45) is 5.41 Å². The van der Waals surface area contributed by atoms with E-state index < -0.39 is 29.1 Å². The number of benzene rings is 1. The quantitative estimate of drug-likeness (QED) is 0.601. The average molecular weight is 345 g/mol. The second kappa shape index (κ2) is 7.08. The van der Waals surface area contributed by atoms with Crippen molar-refractivity contribution in [3.63, 3.8) is 0 Å². The molecule has 5 heteroatoms. The van der Waals surface area contributed by atoms with Gasteiger partial charge in [0.2, 0.25) is 0 Å². The van der Waals surface area contributed by atoms with Gasteiger partial charge in [-0.2, -0.15) is 0 Å². The van der Waals surface area contributed by atoms with Gasteiger partial charge in [-0.05, 0) is 12.0 Å². The predicted octanol–water partition coefficient (Wildman–Crippen LogP) is 1.66. The minimum Gasteiger partial charge on any atom is -0.544 e. The van der Waals surface area contributed by atoms with E-state index in [0.29, 0.717) is 25.9 Å². The summed E-state index contributed by atoms with van der Waals surface area (Å²) in [5.74, 6) is -2.69. The highest BCUT2D eigenvalue weighted by atomic mass is 16.4. The molecular formula is C20H27NO4. The molecule has 0 saturated carbocycles. The van der Waals surface area contributed by atoms with Gasteiger partial charge in [-0.3, -0.25) is 4.79 Å². The summed E-state index contributed by atoms with van der Waals surface area (Å²) in [5, 5.41) is 12.1. The van der Waals surface area contributed by atoms with Crippen LogP contribution in [0.4, 0.5) is 0 Å². The van der Waals surface area contributed by atoms with E-state index in [2.05, 4.69) is 0 Å². The summed E-state index contributed by atoms with van der Waals surface area (Å²) in [5.41, 5.74) is 0.0426. The molecule has 0 aliphatic carbocycles. The van der Waals surface area contributed by atoms with E-state index in [1.165, 1.54) is 0 Å². The number of nitrogens with zero attached hydrogens (tertiary/aromatic N) is 1. The molecule has 1 saturated heterocycles. The Bertz CT molecular complexity index is 662. The Kier molecular flexibility index (Phi) is 5.47. The smallest absolute Gasteiger partial charge is 0.382 e. The summed E-state index contributed by atoms with van der Waals surface area (Å²) in [4.78, 5) is 37.9. The van der Waals surface area contributed by atoms with Crippen LogP contribution in [0.25, 0.3) is 0 Å². The van der Waals surface area contributed by atoms with Gasteiger partial charge in [0.1, 0.15) is 12.0 Å². The first kappa shape index (κ1) is 19.3. The van der Waals surface area contributed by atoms with Gasteiger partial charge in [0.25, 0.3) is 5.78 Å². The molecule has 0 spiro atoms. The first-order valence-corrected chi connectivity index (χ1v) is 8.87. The zero-order chi connectivity index (χ0) is 18.8. The van der Waals surface area contributed by atoms with Gasteiger partial charge >= 0.3 is 5.91 Å². The van der Waals surface area contributed by atoms with Crippen LogP contribution in [0.2, 0.25) is 0 Å². The zero-order valence-corrected chi connectivity index (χ0v) is 15.5. The summed E-state index contributed by atoms with van der Waals surface area (Å²) in [6.45, 7) is 7.66. The van der Waals surface area contributed by atoms with Crippen molar-refractivity contribution in [2.45, 2.75) is 52.5 Å². The lowest BCUT2D eigenvalue weighted by molar-refractivity contribution is -0.858. The van der Waals surface area contributed by atoms with E-state index in [0.717, 1.165) is 5.56 Å². The fourth-order valence-corrected chi connectivity index (χ4v) is 3.93. The van der Waals surface area contributed by atoms with Crippen molar-refractivity contribution in [3.05, 3.63) is 35.9 Å². The topological polar surface area (TPSA) is 74.3 Å². The molecule has 136 valence electrons. The number of hydrogen-bond acceptors (Lipinski definition) is 4. The number of likely N-dealkylation sites (tertiary alicyclic amines) is 1. The molecule has 3 atom stereocenters. The number of carboxylic acid groups (broad SMARTS) is 1. The van der Waals surface area contributed by atoms with Gasteiger partial charge in [-0.25, -0.2) is 9.28 Å². The van der Waals surface area contributed by atoms with Crippen molar-refractivity contribution in [1.29, 1.82) is 0 Å². The molecule has 3 unspecified atom stereocenters.